The van der Waals surface area contributed by atoms with Gasteiger partial charge in [0.05, 0.1) is 0 Å². The Hall–Kier alpha value is 1.00. The van der Waals surface area contributed by atoms with E-state index < -0.39 is 0 Å². The van der Waals surface area contributed by atoms with Crippen LogP contribution in [-0.4, -0.2) is 23.8 Å². The van der Waals surface area contributed by atoms with Crippen molar-refractivity contribution in [1.29, 1.82) is 0 Å². The van der Waals surface area contributed by atoms with Gasteiger partial charge >= 0.3 is 0 Å². The first-order valence-corrected chi connectivity index (χ1v) is 2.94. The summed E-state index contributed by atoms with van der Waals surface area (Å²) in [6.07, 6.45) is 0. The highest BCUT2D eigenvalue weighted by Gasteiger charge is 2.02. The van der Waals surface area contributed by atoms with Gasteiger partial charge in [-0.05, 0) is 0 Å². The summed E-state index contributed by atoms with van der Waals surface area (Å²) in [7, 11) is 2.03. The Bertz CT molecular complexity index is 46.2. The van der Waals surface area contributed by atoms with Crippen molar-refractivity contribution in [2.24, 2.45) is 0 Å². The fourth-order valence-electron chi connectivity index (χ4n) is 0.431. The van der Waals surface area contributed by atoms with E-state index in [1.807, 2.05) is 23.4 Å². The minimum Gasteiger partial charge on any atom is -0.245 e. The normalized spacial score (nSPS) is 21.9. The molecule has 0 atom stereocenters. The Labute approximate surface area is 65.1 Å². The minimum atomic E-state index is 0. The molecule has 7 heavy (non-hydrogen) atoms. The molecular weight excluding hydrogens is 223 g/mol. The van der Waals surface area contributed by atoms with Gasteiger partial charge < -0.3 is 0 Å². The van der Waals surface area contributed by atoms with Crippen LogP contribution in [-0.2, 0) is 0 Å². The lowest BCUT2D eigenvalue weighted by Gasteiger charge is -2.01. The molecule has 1 aliphatic rings. The van der Waals surface area contributed by atoms with Gasteiger partial charge in [-0.1, -0.05) is 11.9 Å². The molecule has 0 unspecified atom stereocenters. The Morgan fingerprint density at radius 2 is 2.43 bits per heavy atom. The molecule has 0 spiro atoms. The van der Waals surface area contributed by atoms with Crippen LogP contribution in [0.5, 0.6) is 0 Å². The van der Waals surface area contributed by atoms with Crippen LogP contribution in [0.3, 0.4) is 0 Å². The second kappa shape index (κ2) is 3.94. The van der Waals surface area contributed by atoms with Crippen LogP contribution in [0.2, 0.25) is 0 Å². The molecule has 44 valence electrons. The Balaban J connectivity index is 0.000000360. The van der Waals surface area contributed by atoms with Crippen LogP contribution < -0.4 is 5.43 Å². The average Bonchev–Trinajstić information content (AvgIpc) is 1.86. The molecule has 1 aliphatic heterocycles. The number of hydrogen-bond donors (Lipinski definition) is 1. The lowest BCUT2D eigenvalue weighted by Crippen LogP contribution is -2.20. The molecule has 2 nitrogen and oxygen atoms in total. The van der Waals surface area contributed by atoms with E-state index in [4.69, 9.17) is 0 Å². The van der Waals surface area contributed by atoms with E-state index in [9.17, 15) is 0 Å². The fraction of sp³-hybridized carbons (Fsp3) is 1.00. The minimum absolute atomic E-state index is 0. The van der Waals surface area contributed by atoms with Gasteiger partial charge in [0, 0.05) is 19.3 Å². The molecule has 0 radical (unpaired) electrons. The summed E-state index contributed by atoms with van der Waals surface area (Å²) in [5.41, 5.74) is 3.12. The van der Waals surface area contributed by atoms with Gasteiger partial charge in [0.2, 0.25) is 0 Å². The number of rotatable bonds is 0. The zero-order valence-corrected chi connectivity index (χ0v) is 7.32. The zero-order chi connectivity index (χ0) is 4.41. The molecular formula is C3H9IN2S. The SMILES string of the molecule is CN1NCCS1.I. The van der Waals surface area contributed by atoms with Crippen molar-refractivity contribution in [3.05, 3.63) is 0 Å². The van der Waals surface area contributed by atoms with Crippen molar-refractivity contribution in [1.82, 2.24) is 9.84 Å². The van der Waals surface area contributed by atoms with Gasteiger partial charge in [-0.25, -0.2) is 5.43 Å². The highest BCUT2D eigenvalue weighted by atomic mass is 127. The third-order valence-corrected chi connectivity index (χ3v) is 1.62. The quantitative estimate of drug-likeness (QED) is 0.489. The van der Waals surface area contributed by atoms with Crippen molar-refractivity contribution in [3.8, 4) is 0 Å². The molecule has 0 aromatic heterocycles. The van der Waals surface area contributed by atoms with Crippen LogP contribution in [0, 0.1) is 0 Å². The first kappa shape index (κ1) is 8.00. The predicted molar refractivity (Wildman–Crippen MR) is 43.6 cm³/mol. The summed E-state index contributed by atoms with van der Waals surface area (Å²) < 4.78 is 2.03. The maximum absolute atomic E-state index is 3.12. The Kier molecular flexibility index (Phi) is 4.50. The molecule has 0 aromatic carbocycles. The van der Waals surface area contributed by atoms with Gasteiger partial charge in [-0.3, -0.25) is 0 Å². The first-order chi connectivity index (χ1) is 2.89. The standard InChI is InChI=1S/C3H8N2S.HI/c1-5-4-2-3-6-5;/h4H,2-3H2,1H3;1H. The fourth-order valence-corrected chi connectivity index (χ4v) is 1.07. The maximum atomic E-state index is 3.12. The second-order valence-corrected chi connectivity index (χ2v) is 2.45. The van der Waals surface area contributed by atoms with Crippen LogP contribution in [0.15, 0.2) is 0 Å². The van der Waals surface area contributed by atoms with Crippen molar-refractivity contribution >= 4 is 35.9 Å². The number of hydrogen-bond acceptors (Lipinski definition) is 3. The predicted octanol–water partition coefficient (Wildman–Crippen LogP) is 0.703. The van der Waals surface area contributed by atoms with Crippen LogP contribution in [0.4, 0.5) is 0 Å². The molecule has 4 heteroatoms. The third-order valence-electron chi connectivity index (χ3n) is 0.721. The molecule has 0 saturated carbocycles. The van der Waals surface area contributed by atoms with Crippen molar-refractivity contribution in [2.45, 2.75) is 0 Å². The summed E-state index contributed by atoms with van der Waals surface area (Å²) in [5.74, 6) is 1.22. The molecule has 1 rings (SSSR count). The molecule has 1 N–H and O–H groups in total. The lowest BCUT2D eigenvalue weighted by atomic mass is 10.8. The molecule has 1 fully saturated rings. The maximum Gasteiger partial charge on any atom is 0.0233 e. The van der Waals surface area contributed by atoms with E-state index in [0.717, 1.165) is 6.54 Å². The topological polar surface area (TPSA) is 15.3 Å². The Morgan fingerprint density at radius 1 is 1.71 bits per heavy atom. The zero-order valence-electron chi connectivity index (χ0n) is 4.18. The summed E-state index contributed by atoms with van der Waals surface area (Å²) in [5, 5.41) is 0. The molecule has 1 saturated heterocycles. The van der Waals surface area contributed by atoms with Crippen molar-refractivity contribution < 1.29 is 0 Å². The Morgan fingerprint density at radius 3 is 2.57 bits per heavy atom. The van der Waals surface area contributed by atoms with Crippen molar-refractivity contribution in [2.75, 3.05) is 19.3 Å². The molecule has 0 amide bonds. The monoisotopic (exact) mass is 232 g/mol. The van der Waals surface area contributed by atoms with E-state index in [0.29, 0.717) is 0 Å². The van der Waals surface area contributed by atoms with E-state index in [-0.39, 0.29) is 24.0 Å². The molecule has 0 aromatic rings. The largest absolute Gasteiger partial charge is 0.245 e. The molecule has 0 bridgehead atoms. The van der Waals surface area contributed by atoms with E-state index >= 15 is 0 Å². The third kappa shape index (κ3) is 2.73. The summed E-state index contributed by atoms with van der Waals surface area (Å²) >= 11 is 1.82. The summed E-state index contributed by atoms with van der Waals surface area (Å²) in [6.45, 7) is 1.13. The highest BCUT2D eigenvalue weighted by Crippen LogP contribution is 2.06. The summed E-state index contributed by atoms with van der Waals surface area (Å²) in [6, 6.07) is 0. The number of nitrogens with zero attached hydrogens (tertiary/aromatic N) is 1. The first-order valence-electron chi connectivity index (χ1n) is 2.00. The van der Waals surface area contributed by atoms with Gasteiger partial charge in [-0.15, -0.1) is 24.0 Å². The van der Waals surface area contributed by atoms with Gasteiger partial charge in [0.15, 0.2) is 0 Å². The number of nitrogens with one attached hydrogen (secondary N) is 1. The van der Waals surface area contributed by atoms with Crippen LogP contribution in [0.25, 0.3) is 0 Å². The number of hydrazine groups is 1. The van der Waals surface area contributed by atoms with E-state index in [1.54, 1.807) is 0 Å². The van der Waals surface area contributed by atoms with Gasteiger partial charge in [0.1, 0.15) is 0 Å². The number of halogens is 1. The summed E-state index contributed by atoms with van der Waals surface area (Å²) in [4.78, 5) is 0. The second-order valence-electron chi connectivity index (χ2n) is 1.24. The van der Waals surface area contributed by atoms with E-state index in [2.05, 4.69) is 5.43 Å². The highest BCUT2D eigenvalue weighted by molar-refractivity contribution is 14.0. The van der Waals surface area contributed by atoms with Crippen LogP contribution >= 0.6 is 35.9 Å². The molecule has 0 aliphatic carbocycles. The van der Waals surface area contributed by atoms with Crippen molar-refractivity contribution in [3.63, 3.8) is 0 Å². The molecule has 1 heterocycles. The van der Waals surface area contributed by atoms with E-state index in [1.165, 1.54) is 5.75 Å². The smallest absolute Gasteiger partial charge is 0.0233 e. The van der Waals surface area contributed by atoms with Gasteiger partial charge in [0.25, 0.3) is 0 Å². The van der Waals surface area contributed by atoms with Crippen LogP contribution in [0.1, 0.15) is 0 Å². The average molecular weight is 232 g/mol. The van der Waals surface area contributed by atoms with Gasteiger partial charge in [-0.2, -0.15) is 4.41 Å². The lowest BCUT2D eigenvalue weighted by molar-refractivity contribution is 0.458.